The Bertz CT molecular complexity index is 1090. The molecule has 0 spiro atoms. The van der Waals surface area contributed by atoms with Gasteiger partial charge in [0.15, 0.2) is 0 Å². The molecule has 3 rings (SSSR count). The van der Waals surface area contributed by atoms with Gasteiger partial charge in [0.05, 0.1) is 16.2 Å². The second-order valence-corrected chi connectivity index (χ2v) is 7.04. The van der Waals surface area contributed by atoms with E-state index < -0.39 is 17.7 Å². The highest BCUT2D eigenvalue weighted by Gasteiger charge is 2.21. The first-order valence-corrected chi connectivity index (χ1v) is 9.62. The average Bonchev–Trinajstić information content (AvgIpc) is 3.05. The summed E-state index contributed by atoms with van der Waals surface area (Å²) >= 11 is 12.2. The molecule has 150 valence electrons. The number of halogens is 2. The van der Waals surface area contributed by atoms with Gasteiger partial charge >= 0.3 is 11.8 Å². The van der Waals surface area contributed by atoms with Crippen LogP contribution >= 0.6 is 23.2 Å². The Morgan fingerprint density at radius 2 is 1.76 bits per heavy atom. The quantitative estimate of drug-likeness (QED) is 0.535. The monoisotopic (exact) mass is 432 g/mol. The molecule has 0 bridgehead atoms. The molecule has 0 atom stereocenters. The highest BCUT2D eigenvalue weighted by molar-refractivity contribution is 6.38. The summed E-state index contributed by atoms with van der Waals surface area (Å²) in [7, 11) is 0. The fraction of sp³-hybridized carbons (Fsp3) is 0.150. The zero-order valence-corrected chi connectivity index (χ0v) is 17.0. The van der Waals surface area contributed by atoms with E-state index in [1.165, 1.54) is 4.68 Å². The summed E-state index contributed by atoms with van der Waals surface area (Å²) in [5, 5.41) is 6.66. The molecule has 0 aliphatic heterocycles. The van der Waals surface area contributed by atoms with Crippen molar-refractivity contribution in [2.45, 2.75) is 13.3 Å². The molecule has 1 heterocycles. The largest absolute Gasteiger partial charge is 0.348 e. The first-order valence-electron chi connectivity index (χ1n) is 8.86. The molecular formula is C20H18Cl2N4O3. The predicted octanol–water partition coefficient (Wildman–Crippen LogP) is 3.80. The molecule has 7 nitrogen and oxygen atoms in total. The van der Waals surface area contributed by atoms with Crippen LogP contribution in [0.25, 0.3) is 10.9 Å². The Morgan fingerprint density at radius 3 is 2.48 bits per heavy atom. The van der Waals surface area contributed by atoms with Gasteiger partial charge in [0.1, 0.15) is 5.69 Å². The number of fused-ring (bicyclic) bond motifs is 1. The van der Waals surface area contributed by atoms with Crippen molar-refractivity contribution in [3.63, 3.8) is 0 Å². The van der Waals surface area contributed by atoms with Gasteiger partial charge in [0.2, 0.25) is 0 Å². The molecule has 3 aromatic rings. The van der Waals surface area contributed by atoms with Crippen molar-refractivity contribution in [3.8, 4) is 0 Å². The van der Waals surface area contributed by atoms with Crippen molar-refractivity contribution >= 4 is 57.5 Å². The van der Waals surface area contributed by atoms with E-state index >= 15 is 0 Å². The van der Waals surface area contributed by atoms with Gasteiger partial charge in [-0.25, -0.2) is 4.68 Å². The summed E-state index contributed by atoms with van der Waals surface area (Å²) in [5.74, 6) is -2.20. The van der Waals surface area contributed by atoms with Crippen LogP contribution in [-0.4, -0.2) is 28.9 Å². The summed E-state index contributed by atoms with van der Waals surface area (Å²) in [4.78, 5) is 37.1. The smallest absolute Gasteiger partial charge is 0.328 e. The molecule has 3 N–H and O–H groups in total. The van der Waals surface area contributed by atoms with Crippen molar-refractivity contribution < 1.29 is 14.4 Å². The number of para-hydroxylation sites is 1. The molecule has 0 aliphatic rings. The molecule has 2 aromatic carbocycles. The Hall–Kier alpha value is -3.03. The maximum atomic E-state index is 12.9. The summed E-state index contributed by atoms with van der Waals surface area (Å²) in [6.07, 6.45) is 0.690. The lowest BCUT2D eigenvalue weighted by atomic mass is 10.2. The number of carbonyl (C=O) groups is 3. The fourth-order valence-corrected chi connectivity index (χ4v) is 3.06. The lowest BCUT2D eigenvalue weighted by Crippen LogP contribution is -2.40. The van der Waals surface area contributed by atoms with E-state index in [1.54, 1.807) is 48.5 Å². The fourth-order valence-electron chi connectivity index (χ4n) is 2.69. The van der Waals surface area contributed by atoms with Gasteiger partial charge in [-0.2, -0.15) is 0 Å². The van der Waals surface area contributed by atoms with Gasteiger partial charge in [-0.15, -0.1) is 0 Å². The zero-order valence-electron chi connectivity index (χ0n) is 15.5. The third-order valence-electron chi connectivity index (χ3n) is 4.07. The number of aromatic nitrogens is 1. The third kappa shape index (κ3) is 4.70. The molecule has 0 aliphatic carbocycles. The van der Waals surface area contributed by atoms with Crippen LogP contribution in [0.2, 0.25) is 10.0 Å². The summed E-state index contributed by atoms with van der Waals surface area (Å²) in [5.41, 5.74) is 3.51. The SMILES string of the molecule is CCCNC(=O)C(=O)Nn1c(C(=O)Nc2ccccc2Cl)cc2cc(Cl)ccc21. The maximum Gasteiger partial charge on any atom is 0.328 e. The van der Waals surface area contributed by atoms with Crippen LogP contribution < -0.4 is 16.1 Å². The number of carbonyl (C=O) groups excluding carboxylic acids is 3. The van der Waals surface area contributed by atoms with Crippen LogP contribution in [0.5, 0.6) is 0 Å². The standard InChI is InChI=1S/C20H18Cl2N4O3/c1-2-9-23-19(28)20(29)25-26-16-8-7-13(21)10-12(16)11-17(26)18(27)24-15-6-4-3-5-14(15)22/h3-8,10-11H,2,9H2,1H3,(H,23,28)(H,24,27)(H,25,29). The van der Waals surface area contributed by atoms with Crippen molar-refractivity contribution in [3.05, 3.63) is 64.3 Å². The first kappa shape index (κ1) is 20.7. The molecule has 9 heteroatoms. The Labute approximate surface area is 176 Å². The van der Waals surface area contributed by atoms with Crippen LogP contribution in [-0.2, 0) is 9.59 Å². The van der Waals surface area contributed by atoms with E-state index in [-0.39, 0.29) is 5.69 Å². The number of nitrogens with zero attached hydrogens (tertiary/aromatic N) is 1. The van der Waals surface area contributed by atoms with Crippen LogP contribution in [0.3, 0.4) is 0 Å². The van der Waals surface area contributed by atoms with Gasteiger partial charge in [-0.05, 0) is 42.8 Å². The molecule has 0 saturated heterocycles. The van der Waals surface area contributed by atoms with Crippen molar-refractivity contribution in [2.75, 3.05) is 17.3 Å². The van der Waals surface area contributed by atoms with Crippen molar-refractivity contribution in [1.29, 1.82) is 0 Å². The van der Waals surface area contributed by atoms with Crippen molar-refractivity contribution in [1.82, 2.24) is 9.99 Å². The minimum absolute atomic E-state index is 0.110. The van der Waals surface area contributed by atoms with Crippen LogP contribution in [0.15, 0.2) is 48.5 Å². The Kier molecular flexibility index (Phi) is 6.41. The Morgan fingerprint density at radius 1 is 1.00 bits per heavy atom. The van der Waals surface area contributed by atoms with Gasteiger partial charge in [-0.1, -0.05) is 42.3 Å². The molecule has 29 heavy (non-hydrogen) atoms. The third-order valence-corrected chi connectivity index (χ3v) is 4.64. The minimum atomic E-state index is -0.891. The summed E-state index contributed by atoms with van der Waals surface area (Å²) in [6, 6.07) is 13.3. The van der Waals surface area contributed by atoms with E-state index in [4.69, 9.17) is 23.2 Å². The van der Waals surface area contributed by atoms with E-state index in [0.29, 0.717) is 39.6 Å². The molecular weight excluding hydrogens is 415 g/mol. The van der Waals surface area contributed by atoms with E-state index in [2.05, 4.69) is 16.1 Å². The number of hydrogen-bond donors (Lipinski definition) is 3. The number of benzene rings is 2. The van der Waals surface area contributed by atoms with E-state index in [1.807, 2.05) is 6.92 Å². The van der Waals surface area contributed by atoms with E-state index in [9.17, 15) is 14.4 Å². The lowest BCUT2D eigenvalue weighted by Gasteiger charge is -2.13. The van der Waals surface area contributed by atoms with Crippen LogP contribution in [0, 0.1) is 0 Å². The second kappa shape index (κ2) is 8.98. The summed E-state index contributed by atoms with van der Waals surface area (Å²) in [6.45, 7) is 2.24. The van der Waals surface area contributed by atoms with Gasteiger partial charge in [0, 0.05) is 17.0 Å². The lowest BCUT2D eigenvalue weighted by molar-refractivity contribution is -0.136. The highest BCUT2D eigenvalue weighted by Crippen LogP contribution is 2.25. The maximum absolute atomic E-state index is 12.9. The number of nitrogens with one attached hydrogen (secondary N) is 3. The molecule has 3 amide bonds. The summed E-state index contributed by atoms with van der Waals surface area (Å²) < 4.78 is 1.26. The van der Waals surface area contributed by atoms with Gasteiger partial charge < -0.3 is 10.6 Å². The van der Waals surface area contributed by atoms with Crippen LogP contribution in [0.1, 0.15) is 23.8 Å². The van der Waals surface area contributed by atoms with Gasteiger partial charge in [-0.3, -0.25) is 19.8 Å². The number of hydrogen-bond acceptors (Lipinski definition) is 3. The zero-order chi connectivity index (χ0) is 21.0. The number of anilines is 1. The first-order chi connectivity index (χ1) is 13.9. The molecule has 0 unspecified atom stereocenters. The predicted molar refractivity (Wildman–Crippen MR) is 114 cm³/mol. The normalized spacial score (nSPS) is 10.6. The second-order valence-electron chi connectivity index (χ2n) is 6.20. The molecule has 0 saturated carbocycles. The van der Waals surface area contributed by atoms with E-state index in [0.717, 1.165) is 0 Å². The number of rotatable bonds is 5. The number of amides is 3. The highest BCUT2D eigenvalue weighted by atomic mass is 35.5. The average molecular weight is 433 g/mol. The molecule has 0 fully saturated rings. The van der Waals surface area contributed by atoms with Gasteiger partial charge in [0.25, 0.3) is 5.91 Å². The molecule has 1 aromatic heterocycles. The minimum Gasteiger partial charge on any atom is -0.348 e. The topological polar surface area (TPSA) is 92.2 Å². The van der Waals surface area contributed by atoms with Crippen LogP contribution in [0.4, 0.5) is 5.69 Å². The van der Waals surface area contributed by atoms with Crippen molar-refractivity contribution in [2.24, 2.45) is 0 Å². The molecule has 0 radical (unpaired) electrons. The Balaban J connectivity index is 1.96.